The Morgan fingerprint density at radius 3 is 1.97 bits per heavy atom. The Bertz CT molecular complexity index is 1010. The van der Waals surface area contributed by atoms with Crippen LogP contribution >= 0.6 is 0 Å². The van der Waals surface area contributed by atoms with E-state index in [2.05, 4.69) is 43.4 Å². The summed E-state index contributed by atoms with van der Waals surface area (Å²) < 4.78 is 11.4. The van der Waals surface area contributed by atoms with Crippen molar-refractivity contribution in [2.24, 2.45) is 5.92 Å². The number of hydrogen-bond acceptors (Lipinski definition) is 5. The molecule has 0 saturated heterocycles. The summed E-state index contributed by atoms with van der Waals surface area (Å²) in [5, 5.41) is 1.68. The van der Waals surface area contributed by atoms with E-state index in [4.69, 9.17) is 4.53 Å². The number of carbonyl (C=O) groups excluding carboxylic acids is 2. The van der Waals surface area contributed by atoms with Crippen LogP contribution in [0.3, 0.4) is 0 Å². The van der Waals surface area contributed by atoms with Crippen LogP contribution in [0.5, 0.6) is 0 Å². The van der Waals surface area contributed by atoms with Gasteiger partial charge in [-0.05, 0) is 35.8 Å². The molecule has 2 unspecified atom stereocenters. The number of esters is 1. The standard InChI is InChI=1S/C25H33N3O4Si/c1-18(23(29)21(27-26)24(30)31-5)22(19-14-10-8-11-15-19)28(20-16-12-9-13-17-20)32-33(6,7)25(2,3)4/h8-18,22H,1-7H3. The molecule has 0 aliphatic heterocycles. The zero-order chi connectivity index (χ0) is 24.8. The molecule has 0 fully saturated rings. The lowest BCUT2D eigenvalue weighted by Crippen LogP contribution is -2.50. The minimum atomic E-state index is -2.35. The van der Waals surface area contributed by atoms with E-state index in [0.717, 1.165) is 18.4 Å². The number of rotatable bonds is 9. The van der Waals surface area contributed by atoms with Gasteiger partial charge >= 0.3 is 11.7 Å². The molecule has 176 valence electrons. The van der Waals surface area contributed by atoms with Crippen molar-refractivity contribution in [2.75, 3.05) is 12.2 Å². The maximum absolute atomic E-state index is 13.3. The first kappa shape index (κ1) is 26.2. The number of ether oxygens (including phenoxy) is 1. The lowest BCUT2D eigenvalue weighted by Gasteiger charge is -2.44. The molecule has 0 heterocycles. The quantitative estimate of drug-likeness (QED) is 0.0959. The average molecular weight is 468 g/mol. The fraction of sp³-hybridized carbons (Fsp3) is 0.400. The number of hydrogen-bond donors (Lipinski definition) is 0. The molecule has 0 spiro atoms. The fourth-order valence-electron chi connectivity index (χ4n) is 3.15. The third-order valence-corrected chi connectivity index (χ3v) is 10.4. The van der Waals surface area contributed by atoms with Crippen LogP contribution < -0.4 is 5.06 Å². The smallest absolute Gasteiger partial charge is 0.441 e. The molecule has 0 saturated carbocycles. The summed E-state index contributed by atoms with van der Waals surface area (Å²) in [4.78, 5) is 28.3. The van der Waals surface area contributed by atoms with Gasteiger partial charge in [-0.25, -0.2) is 4.79 Å². The predicted molar refractivity (Wildman–Crippen MR) is 131 cm³/mol. The predicted octanol–water partition coefficient (Wildman–Crippen LogP) is 5.22. The summed E-state index contributed by atoms with van der Waals surface area (Å²) in [6.07, 6.45) is 0. The van der Waals surface area contributed by atoms with Crippen molar-refractivity contribution in [3.8, 4) is 0 Å². The van der Waals surface area contributed by atoms with Gasteiger partial charge in [0.15, 0.2) is 0 Å². The van der Waals surface area contributed by atoms with E-state index in [9.17, 15) is 15.1 Å². The van der Waals surface area contributed by atoms with Gasteiger partial charge < -0.3 is 14.8 Å². The minimum Gasteiger partial charge on any atom is -0.460 e. The number of carbonyl (C=O) groups is 2. The molecular weight excluding hydrogens is 434 g/mol. The maximum atomic E-state index is 13.3. The van der Waals surface area contributed by atoms with Gasteiger partial charge in [0, 0.05) is 0 Å². The first-order valence-electron chi connectivity index (χ1n) is 10.9. The Hall–Kier alpha value is -3.06. The largest absolute Gasteiger partial charge is 0.460 e. The SMILES string of the molecule is COC(=O)C(=[N+]=[N-])C(=O)C(C)C(c1ccccc1)N(O[Si](C)(C)C(C)(C)C)c1ccccc1. The Kier molecular flexibility index (Phi) is 8.49. The molecule has 0 amide bonds. The summed E-state index contributed by atoms with van der Waals surface area (Å²) >= 11 is 0. The highest BCUT2D eigenvalue weighted by Crippen LogP contribution is 2.42. The van der Waals surface area contributed by atoms with Crippen LogP contribution in [0.15, 0.2) is 60.7 Å². The summed E-state index contributed by atoms with van der Waals surface area (Å²) in [5.41, 5.74) is 10.3. The van der Waals surface area contributed by atoms with Gasteiger partial charge in [0.1, 0.15) is 0 Å². The van der Waals surface area contributed by atoms with Crippen LogP contribution in [-0.4, -0.2) is 37.7 Å². The van der Waals surface area contributed by atoms with Gasteiger partial charge in [-0.1, -0.05) is 76.2 Å². The highest BCUT2D eigenvalue weighted by molar-refractivity contribution is 6.74. The van der Waals surface area contributed by atoms with Crippen molar-refractivity contribution >= 4 is 31.5 Å². The second kappa shape index (κ2) is 10.7. The van der Waals surface area contributed by atoms with Crippen LogP contribution in [-0.2, 0) is 18.9 Å². The number of nitrogens with zero attached hydrogens (tertiary/aromatic N) is 3. The molecule has 7 nitrogen and oxygen atoms in total. The van der Waals surface area contributed by atoms with E-state index in [-0.39, 0.29) is 5.04 Å². The number of Topliss-reactive ketones (excluding diaryl/α,β-unsaturated/α-hetero) is 1. The molecular formula is C25H33N3O4Si. The second-order valence-electron chi connectivity index (χ2n) is 9.46. The summed E-state index contributed by atoms with van der Waals surface area (Å²) in [7, 11) is -1.21. The first-order chi connectivity index (χ1) is 15.4. The van der Waals surface area contributed by atoms with E-state index in [1.165, 1.54) is 0 Å². The van der Waals surface area contributed by atoms with Crippen molar-refractivity contribution < 1.29 is 23.6 Å². The minimum absolute atomic E-state index is 0.0990. The van der Waals surface area contributed by atoms with Gasteiger partial charge in [-0.15, -0.1) is 0 Å². The Morgan fingerprint density at radius 2 is 1.52 bits per heavy atom. The van der Waals surface area contributed by atoms with E-state index < -0.39 is 37.7 Å². The first-order valence-corrected chi connectivity index (χ1v) is 13.8. The third-order valence-electron chi connectivity index (χ3n) is 6.14. The molecule has 33 heavy (non-hydrogen) atoms. The Balaban J connectivity index is 2.68. The number of methoxy groups -OCH3 is 1. The van der Waals surface area contributed by atoms with Gasteiger partial charge in [-0.3, -0.25) is 9.86 Å². The van der Waals surface area contributed by atoms with E-state index >= 15 is 0 Å². The molecule has 0 aliphatic rings. The lowest BCUT2D eigenvalue weighted by atomic mass is 9.88. The molecule has 0 aliphatic carbocycles. The van der Waals surface area contributed by atoms with Crippen LogP contribution in [0, 0.1) is 5.92 Å². The van der Waals surface area contributed by atoms with Gasteiger partial charge in [0.2, 0.25) is 8.32 Å². The monoisotopic (exact) mass is 467 g/mol. The number of anilines is 1. The lowest BCUT2D eigenvalue weighted by molar-refractivity contribution is -0.140. The molecule has 0 N–H and O–H groups in total. The number of para-hydroxylation sites is 1. The zero-order valence-corrected chi connectivity index (χ0v) is 21.4. The van der Waals surface area contributed by atoms with Crippen molar-refractivity contribution in [3.63, 3.8) is 0 Å². The van der Waals surface area contributed by atoms with Crippen molar-refractivity contribution in [3.05, 3.63) is 71.8 Å². The van der Waals surface area contributed by atoms with Crippen LogP contribution in [0.1, 0.15) is 39.3 Å². The maximum Gasteiger partial charge on any atom is 0.441 e. The average Bonchev–Trinajstić information content (AvgIpc) is 2.79. The molecule has 0 aromatic heterocycles. The highest BCUT2D eigenvalue weighted by atomic mass is 28.4. The molecule has 2 aromatic carbocycles. The third kappa shape index (κ3) is 6.04. The number of hydroxylamine groups is 1. The van der Waals surface area contributed by atoms with Gasteiger partial charge in [0.05, 0.1) is 24.8 Å². The van der Waals surface area contributed by atoms with Crippen LogP contribution in [0.25, 0.3) is 5.53 Å². The summed E-state index contributed by atoms with van der Waals surface area (Å²) in [6, 6.07) is 18.4. The van der Waals surface area contributed by atoms with Crippen molar-refractivity contribution in [1.82, 2.24) is 0 Å². The van der Waals surface area contributed by atoms with Crippen molar-refractivity contribution in [2.45, 2.75) is 51.9 Å². The fourth-order valence-corrected chi connectivity index (χ4v) is 4.14. The number of benzene rings is 2. The second-order valence-corrected chi connectivity index (χ2v) is 14.2. The van der Waals surface area contributed by atoms with Gasteiger partial charge in [-0.2, -0.15) is 4.79 Å². The van der Waals surface area contributed by atoms with E-state index in [0.29, 0.717) is 0 Å². The Morgan fingerprint density at radius 1 is 1.00 bits per heavy atom. The normalized spacial score (nSPS) is 13.4. The molecule has 2 rings (SSSR count). The molecule has 0 radical (unpaired) electrons. The van der Waals surface area contributed by atoms with Crippen LogP contribution in [0.4, 0.5) is 5.69 Å². The van der Waals surface area contributed by atoms with E-state index in [1.54, 1.807) is 12.0 Å². The highest BCUT2D eigenvalue weighted by Gasteiger charge is 2.45. The van der Waals surface area contributed by atoms with Gasteiger partial charge in [0.25, 0.3) is 5.78 Å². The molecule has 2 aromatic rings. The summed E-state index contributed by atoms with van der Waals surface area (Å²) in [6.45, 7) is 12.4. The molecule has 0 bridgehead atoms. The topological polar surface area (TPSA) is 92.2 Å². The zero-order valence-electron chi connectivity index (χ0n) is 20.4. The van der Waals surface area contributed by atoms with E-state index in [1.807, 2.05) is 60.7 Å². The molecule has 2 atom stereocenters. The number of ketones is 1. The van der Waals surface area contributed by atoms with Crippen molar-refractivity contribution in [1.29, 1.82) is 0 Å². The summed E-state index contributed by atoms with van der Waals surface area (Å²) in [5.74, 6) is -2.43. The molecule has 8 heteroatoms. The van der Waals surface area contributed by atoms with Crippen LogP contribution in [0.2, 0.25) is 18.1 Å². The Labute approximate surface area is 197 Å².